The Labute approximate surface area is 201 Å². The zero-order chi connectivity index (χ0) is 24.5. The second kappa shape index (κ2) is 12.6. The van der Waals surface area contributed by atoms with Crippen molar-refractivity contribution in [1.82, 2.24) is 14.7 Å². The lowest BCUT2D eigenvalue weighted by Crippen LogP contribution is -2.35. The highest BCUT2D eigenvalue weighted by atomic mass is 19.1. The van der Waals surface area contributed by atoms with Gasteiger partial charge in [-0.2, -0.15) is 5.10 Å². The summed E-state index contributed by atoms with van der Waals surface area (Å²) >= 11 is 0. The number of aromatic nitrogens is 2. The van der Waals surface area contributed by atoms with E-state index in [0.717, 1.165) is 36.3 Å². The van der Waals surface area contributed by atoms with Crippen LogP contribution in [0, 0.1) is 5.82 Å². The van der Waals surface area contributed by atoms with Gasteiger partial charge >= 0.3 is 0 Å². The number of ether oxygens (including phenoxy) is 2. The van der Waals surface area contributed by atoms with Crippen molar-refractivity contribution in [3.63, 3.8) is 0 Å². The van der Waals surface area contributed by atoms with Crippen LogP contribution in [0.15, 0.2) is 54.6 Å². The number of hydrogen-bond donors (Lipinski definition) is 1. The third-order valence-corrected chi connectivity index (χ3v) is 5.40. The van der Waals surface area contributed by atoms with Crippen molar-refractivity contribution in [2.45, 2.75) is 59.3 Å². The van der Waals surface area contributed by atoms with Gasteiger partial charge in [-0.05, 0) is 69.6 Å². The van der Waals surface area contributed by atoms with Crippen LogP contribution in [-0.2, 0) is 17.7 Å². The summed E-state index contributed by atoms with van der Waals surface area (Å²) in [6.45, 7) is 10.3. The van der Waals surface area contributed by atoms with E-state index in [-0.39, 0.29) is 11.9 Å². The van der Waals surface area contributed by atoms with Crippen molar-refractivity contribution in [3.05, 3.63) is 71.7 Å². The van der Waals surface area contributed by atoms with Gasteiger partial charge in [0.05, 0.1) is 35.8 Å². The molecular formula is C27H36FN3O3. The van der Waals surface area contributed by atoms with Gasteiger partial charge in [-0.25, -0.2) is 9.07 Å². The van der Waals surface area contributed by atoms with Crippen LogP contribution in [0.1, 0.15) is 45.4 Å². The van der Waals surface area contributed by atoms with Crippen molar-refractivity contribution in [2.75, 3.05) is 19.7 Å². The van der Waals surface area contributed by atoms with E-state index in [2.05, 4.69) is 18.7 Å². The van der Waals surface area contributed by atoms with E-state index in [4.69, 9.17) is 14.6 Å². The maximum atomic E-state index is 13.5. The predicted molar refractivity (Wildman–Crippen MR) is 132 cm³/mol. The molecule has 0 unspecified atom stereocenters. The molecule has 1 heterocycles. The van der Waals surface area contributed by atoms with Gasteiger partial charge in [0, 0.05) is 13.1 Å². The highest BCUT2D eigenvalue weighted by molar-refractivity contribution is 5.43. The number of rotatable bonds is 13. The molecule has 0 fully saturated rings. The molecule has 0 aliphatic rings. The predicted octanol–water partition coefficient (Wildman–Crippen LogP) is 5.36. The van der Waals surface area contributed by atoms with E-state index in [9.17, 15) is 9.50 Å². The molecule has 0 aliphatic heterocycles. The first-order chi connectivity index (χ1) is 16.4. The quantitative estimate of drug-likeness (QED) is 0.365. The molecule has 6 nitrogen and oxygen atoms in total. The average molecular weight is 470 g/mol. The van der Waals surface area contributed by atoms with Gasteiger partial charge in [0.1, 0.15) is 11.6 Å². The molecule has 0 saturated heterocycles. The molecule has 1 aromatic heterocycles. The normalized spacial score (nSPS) is 12.5. The molecule has 2 aromatic carbocycles. The van der Waals surface area contributed by atoms with Gasteiger partial charge in [0.25, 0.3) is 0 Å². The number of nitrogens with zero attached hydrogens (tertiary/aromatic N) is 3. The highest BCUT2D eigenvalue weighted by Gasteiger charge is 2.23. The first-order valence-corrected chi connectivity index (χ1v) is 12.0. The van der Waals surface area contributed by atoms with Crippen molar-refractivity contribution in [3.8, 4) is 17.3 Å². The minimum Gasteiger partial charge on any atom is -0.439 e. The van der Waals surface area contributed by atoms with E-state index < -0.39 is 6.10 Å². The summed E-state index contributed by atoms with van der Waals surface area (Å²) in [7, 11) is 0. The molecule has 0 radical (unpaired) electrons. The van der Waals surface area contributed by atoms with Gasteiger partial charge < -0.3 is 14.6 Å². The number of halogens is 1. The van der Waals surface area contributed by atoms with E-state index >= 15 is 0 Å². The number of aryl methyl sites for hydroxylation is 1. The third-order valence-electron chi connectivity index (χ3n) is 5.40. The minimum absolute atomic E-state index is 0.0702. The Bertz CT molecular complexity index is 1010. The van der Waals surface area contributed by atoms with Gasteiger partial charge in [-0.1, -0.05) is 32.0 Å². The Morgan fingerprint density at radius 3 is 2.38 bits per heavy atom. The standard InChI is InChI=1S/C27H36FN3O3/c1-5-16-30(17-23(32)19-33-20(3)4)18-25-26(6-2)29-31(22-10-8-7-9-11-22)27(25)34-24-14-12-21(28)13-15-24/h7-15,20,23,32H,5-6,16-19H2,1-4H3/t23-/m1/s1. The number of para-hydroxylation sites is 1. The summed E-state index contributed by atoms with van der Waals surface area (Å²) < 4.78 is 27.2. The summed E-state index contributed by atoms with van der Waals surface area (Å²) in [5.74, 6) is 0.823. The molecule has 0 amide bonds. The van der Waals surface area contributed by atoms with Gasteiger partial charge in [-0.15, -0.1) is 0 Å². The molecule has 7 heteroatoms. The van der Waals surface area contributed by atoms with Gasteiger partial charge in [0.2, 0.25) is 5.88 Å². The van der Waals surface area contributed by atoms with Crippen molar-refractivity contribution in [1.29, 1.82) is 0 Å². The summed E-state index contributed by atoms with van der Waals surface area (Å²) in [5.41, 5.74) is 2.77. The fourth-order valence-electron chi connectivity index (χ4n) is 3.81. The Kier molecular flexibility index (Phi) is 9.62. The molecule has 0 aliphatic carbocycles. The second-order valence-electron chi connectivity index (χ2n) is 8.66. The summed E-state index contributed by atoms with van der Waals surface area (Å²) in [6, 6.07) is 15.8. The Hall–Kier alpha value is -2.74. The molecule has 1 atom stereocenters. The Morgan fingerprint density at radius 1 is 1.06 bits per heavy atom. The van der Waals surface area contributed by atoms with Crippen LogP contribution < -0.4 is 4.74 Å². The molecule has 3 rings (SSSR count). The van der Waals surface area contributed by atoms with Gasteiger partial charge in [-0.3, -0.25) is 4.90 Å². The molecule has 3 aromatic rings. The SMILES string of the molecule is CCCN(Cc1c(CC)nn(-c2ccccc2)c1Oc1ccc(F)cc1)C[C@@H](O)COC(C)C. The van der Waals surface area contributed by atoms with Crippen LogP contribution in [0.3, 0.4) is 0 Å². The molecule has 0 saturated carbocycles. The number of aliphatic hydroxyl groups excluding tert-OH is 1. The summed E-state index contributed by atoms with van der Waals surface area (Å²) in [6.07, 6.45) is 1.15. The maximum absolute atomic E-state index is 13.5. The molecule has 0 bridgehead atoms. The van der Waals surface area contributed by atoms with E-state index in [1.165, 1.54) is 12.1 Å². The zero-order valence-corrected chi connectivity index (χ0v) is 20.6. The number of hydrogen-bond acceptors (Lipinski definition) is 5. The van der Waals surface area contributed by atoms with Crippen LogP contribution in [0.4, 0.5) is 4.39 Å². The van der Waals surface area contributed by atoms with Crippen LogP contribution in [-0.4, -0.2) is 51.7 Å². The van der Waals surface area contributed by atoms with Crippen molar-refractivity contribution in [2.24, 2.45) is 0 Å². The maximum Gasteiger partial charge on any atom is 0.227 e. The zero-order valence-electron chi connectivity index (χ0n) is 20.6. The molecule has 0 spiro atoms. The fraction of sp³-hybridized carbons (Fsp3) is 0.444. The number of aliphatic hydroxyl groups is 1. The van der Waals surface area contributed by atoms with E-state index in [1.807, 2.05) is 44.2 Å². The third kappa shape index (κ3) is 7.13. The minimum atomic E-state index is -0.593. The highest BCUT2D eigenvalue weighted by Crippen LogP contribution is 2.32. The van der Waals surface area contributed by atoms with Crippen molar-refractivity contribution < 1.29 is 19.0 Å². The first kappa shape index (κ1) is 25.9. The molecule has 184 valence electrons. The fourth-order valence-corrected chi connectivity index (χ4v) is 3.81. The van der Waals surface area contributed by atoms with Crippen LogP contribution in [0.5, 0.6) is 11.6 Å². The van der Waals surface area contributed by atoms with Gasteiger partial charge in [0.15, 0.2) is 0 Å². The Balaban J connectivity index is 1.96. The van der Waals surface area contributed by atoms with Crippen LogP contribution in [0.2, 0.25) is 0 Å². The van der Waals surface area contributed by atoms with Crippen molar-refractivity contribution >= 4 is 0 Å². The lowest BCUT2D eigenvalue weighted by atomic mass is 10.1. The second-order valence-corrected chi connectivity index (χ2v) is 8.66. The molecular weight excluding hydrogens is 433 g/mol. The van der Waals surface area contributed by atoms with Crippen LogP contribution >= 0.6 is 0 Å². The number of benzene rings is 2. The first-order valence-electron chi connectivity index (χ1n) is 12.0. The summed E-state index contributed by atoms with van der Waals surface area (Å²) in [5, 5.41) is 15.4. The smallest absolute Gasteiger partial charge is 0.227 e. The largest absolute Gasteiger partial charge is 0.439 e. The van der Waals surface area contributed by atoms with E-state index in [1.54, 1.807) is 16.8 Å². The average Bonchev–Trinajstić information content (AvgIpc) is 3.16. The molecule has 34 heavy (non-hydrogen) atoms. The lowest BCUT2D eigenvalue weighted by Gasteiger charge is -2.25. The topological polar surface area (TPSA) is 59.8 Å². The lowest BCUT2D eigenvalue weighted by molar-refractivity contribution is -0.00957. The van der Waals surface area contributed by atoms with E-state index in [0.29, 0.717) is 31.3 Å². The monoisotopic (exact) mass is 469 g/mol. The molecule has 1 N–H and O–H groups in total. The Morgan fingerprint density at radius 2 is 1.76 bits per heavy atom. The van der Waals surface area contributed by atoms with Crippen LogP contribution in [0.25, 0.3) is 5.69 Å². The summed E-state index contributed by atoms with van der Waals surface area (Å²) in [4.78, 5) is 2.21.